The summed E-state index contributed by atoms with van der Waals surface area (Å²) in [6.45, 7) is 0. The average molecular weight is 423 g/mol. The SMILES string of the molecule is COc1ccc(S(=O)(=O)c2ccc(OC(=O)C(F)(F)F)c([N+](=O)[O-])c2)cc1F. The number of nitro benzene ring substituents is 1. The number of alkyl halides is 3. The minimum absolute atomic E-state index is 0.251. The lowest BCUT2D eigenvalue weighted by molar-refractivity contribution is -0.386. The van der Waals surface area contributed by atoms with Crippen molar-refractivity contribution in [3.63, 3.8) is 0 Å². The van der Waals surface area contributed by atoms with Crippen LogP contribution in [0.5, 0.6) is 11.5 Å². The molecule has 0 spiro atoms. The quantitative estimate of drug-likeness (QED) is 0.239. The van der Waals surface area contributed by atoms with E-state index in [0.29, 0.717) is 24.3 Å². The van der Waals surface area contributed by atoms with E-state index in [4.69, 9.17) is 0 Å². The normalized spacial score (nSPS) is 11.8. The van der Waals surface area contributed by atoms with Gasteiger partial charge in [-0.25, -0.2) is 17.6 Å². The van der Waals surface area contributed by atoms with E-state index in [9.17, 15) is 40.9 Å². The zero-order chi connectivity index (χ0) is 21.3. The van der Waals surface area contributed by atoms with Crippen LogP contribution in [-0.2, 0) is 14.6 Å². The van der Waals surface area contributed by atoms with E-state index >= 15 is 0 Å². The van der Waals surface area contributed by atoms with Crippen molar-refractivity contribution < 1.29 is 45.2 Å². The monoisotopic (exact) mass is 423 g/mol. The van der Waals surface area contributed by atoms with Crippen LogP contribution in [-0.4, -0.2) is 32.6 Å². The van der Waals surface area contributed by atoms with Gasteiger partial charge >= 0.3 is 17.8 Å². The molecule has 0 atom stereocenters. The molecule has 0 amide bonds. The number of rotatable bonds is 5. The van der Waals surface area contributed by atoms with E-state index in [-0.39, 0.29) is 5.75 Å². The Bertz CT molecular complexity index is 1050. The fraction of sp³-hybridized carbons (Fsp3) is 0.133. The van der Waals surface area contributed by atoms with Crippen LogP contribution in [0.4, 0.5) is 23.2 Å². The second-order valence-corrected chi connectivity index (χ2v) is 7.02. The van der Waals surface area contributed by atoms with Gasteiger partial charge in [-0.1, -0.05) is 0 Å². The Kier molecular flexibility index (Phi) is 5.59. The molecule has 0 saturated heterocycles. The number of sulfone groups is 1. The number of hydrogen-bond acceptors (Lipinski definition) is 7. The largest absolute Gasteiger partial charge is 0.494 e. The van der Waals surface area contributed by atoms with Gasteiger partial charge in [0.1, 0.15) is 0 Å². The highest BCUT2D eigenvalue weighted by Gasteiger charge is 2.42. The molecular weight excluding hydrogens is 414 g/mol. The number of nitrogens with zero attached hydrogens (tertiary/aromatic N) is 1. The molecule has 28 heavy (non-hydrogen) atoms. The maximum Gasteiger partial charge on any atom is 0.491 e. The lowest BCUT2D eigenvalue weighted by Gasteiger charge is -2.10. The molecule has 0 unspecified atom stereocenters. The Balaban J connectivity index is 2.52. The second-order valence-electron chi connectivity index (χ2n) is 5.07. The molecule has 0 radical (unpaired) electrons. The molecule has 0 heterocycles. The number of methoxy groups -OCH3 is 1. The summed E-state index contributed by atoms with van der Waals surface area (Å²) < 4.78 is 84.2. The number of benzene rings is 2. The third kappa shape index (κ3) is 4.19. The maximum atomic E-state index is 13.8. The van der Waals surface area contributed by atoms with Crippen LogP contribution < -0.4 is 9.47 Å². The van der Waals surface area contributed by atoms with Crippen molar-refractivity contribution in [1.82, 2.24) is 0 Å². The molecule has 0 aliphatic carbocycles. The molecule has 2 aromatic rings. The van der Waals surface area contributed by atoms with Gasteiger partial charge in [0.2, 0.25) is 15.6 Å². The fourth-order valence-electron chi connectivity index (χ4n) is 2.00. The van der Waals surface area contributed by atoms with Gasteiger partial charge in [-0.15, -0.1) is 0 Å². The van der Waals surface area contributed by atoms with Crippen LogP contribution >= 0.6 is 0 Å². The molecule has 0 N–H and O–H groups in total. The van der Waals surface area contributed by atoms with Crippen molar-refractivity contribution in [2.45, 2.75) is 16.0 Å². The van der Waals surface area contributed by atoms with Crippen LogP contribution in [0.3, 0.4) is 0 Å². The van der Waals surface area contributed by atoms with Gasteiger partial charge in [-0.2, -0.15) is 13.2 Å². The number of carbonyl (C=O) groups is 1. The minimum Gasteiger partial charge on any atom is -0.494 e. The molecule has 2 aromatic carbocycles. The Morgan fingerprint density at radius 3 is 2.07 bits per heavy atom. The Morgan fingerprint density at radius 2 is 1.61 bits per heavy atom. The summed E-state index contributed by atoms with van der Waals surface area (Å²) in [5.41, 5.74) is -1.20. The van der Waals surface area contributed by atoms with E-state index in [1.165, 1.54) is 0 Å². The topological polar surface area (TPSA) is 113 Å². The summed E-state index contributed by atoms with van der Waals surface area (Å²) >= 11 is 0. The molecule has 0 aromatic heterocycles. The van der Waals surface area contributed by atoms with Gasteiger partial charge in [-0.3, -0.25) is 10.1 Å². The second kappa shape index (κ2) is 7.42. The van der Waals surface area contributed by atoms with Gasteiger partial charge in [0.05, 0.1) is 21.8 Å². The number of esters is 1. The summed E-state index contributed by atoms with van der Waals surface area (Å²) in [6.07, 6.45) is -5.42. The van der Waals surface area contributed by atoms with Crippen LogP contribution in [0.1, 0.15) is 0 Å². The number of hydrogen-bond donors (Lipinski definition) is 0. The first-order valence-corrected chi connectivity index (χ1v) is 8.52. The van der Waals surface area contributed by atoms with Crippen molar-refractivity contribution in [1.29, 1.82) is 0 Å². The molecule has 0 saturated carbocycles. The van der Waals surface area contributed by atoms with E-state index in [2.05, 4.69) is 9.47 Å². The van der Waals surface area contributed by atoms with Gasteiger partial charge in [-0.05, 0) is 30.3 Å². The summed E-state index contributed by atoms with van der Waals surface area (Å²) in [6, 6.07) is 4.20. The molecule has 2 rings (SSSR count). The van der Waals surface area contributed by atoms with Crippen LogP contribution in [0.15, 0.2) is 46.2 Å². The lowest BCUT2D eigenvalue weighted by Crippen LogP contribution is -2.28. The average Bonchev–Trinajstić information content (AvgIpc) is 2.60. The number of halogens is 4. The standard InChI is InChI=1S/C15H9F4NO7S/c1-26-12-4-2-8(6-10(12)16)28(24,25)9-3-5-13(11(7-9)20(22)23)27-14(21)15(17,18)19/h2-7H,1H3. The van der Waals surface area contributed by atoms with E-state index < -0.39 is 54.0 Å². The summed E-state index contributed by atoms with van der Waals surface area (Å²) in [5, 5.41) is 11.1. The Labute approximate surface area is 154 Å². The van der Waals surface area contributed by atoms with Gasteiger partial charge in [0.15, 0.2) is 11.6 Å². The third-order valence-electron chi connectivity index (χ3n) is 3.31. The number of nitro groups is 1. The van der Waals surface area contributed by atoms with E-state index in [0.717, 1.165) is 19.2 Å². The predicted molar refractivity (Wildman–Crippen MR) is 83.2 cm³/mol. The molecule has 0 aliphatic heterocycles. The van der Waals surface area contributed by atoms with Crippen LogP contribution in [0.25, 0.3) is 0 Å². The molecule has 0 bridgehead atoms. The van der Waals surface area contributed by atoms with Crippen molar-refractivity contribution in [3.05, 3.63) is 52.3 Å². The zero-order valence-electron chi connectivity index (χ0n) is 13.7. The highest BCUT2D eigenvalue weighted by Crippen LogP contribution is 2.34. The Hall–Kier alpha value is -3.22. The fourth-order valence-corrected chi connectivity index (χ4v) is 3.29. The number of ether oxygens (including phenoxy) is 2. The lowest BCUT2D eigenvalue weighted by atomic mass is 10.3. The first kappa shape index (κ1) is 21.1. The van der Waals surface area contributed by atoms with E-state index in [1.54, 1.807) is 0 Å². The Morgan fingerprint density at radius 1 is 1.07 bits per heavy atom. The summed E-state index contributed by atoms with van der Waals surface area (Å²) in [4.78, 5) is 19.4. The van der Waals surface area contributed by atoms with Crippen molar-refractivity contribution in [2.24, 2.45) is 0 Å². The van der Waals surface area contributed by atoms with Crippen molar-refractivity contribution in [3.8, 4) is 11.5 Å². The smallest absolute Gasteiger partial charge is 0.491 e. The molecule has 8 nitrogen and oxygen atoms in total. The van der Waals surface area contributed by atoms with Gasteiger partial charge in [0.25, 0.3) is 0 Å². The highest BCUT2D eigenvalue weighted by atomic mass is 32.2. The summed E-state index contributed by atoms with van der Waals surface area (Å²) in [7, 11) is -3.33. The number of carbonyl (C=O) groups excluding carboxylic acids is 1. The predicted octanol–water partition coefficient (Wildman–Crippen LogP) is 3.04. The molecular formula is C15H9F4NO7S. The third-order valence-corrected chi connectivity index (χ3v) is 5.05. The van der Waals surface area contributed by atoms with E-state index in [1.807, 2.05) is 0 Å². The zero-order valence-corrected chi connectivity index (χ0v) is 14.5. The minimum atomic E-state index is -5.42. The first-order chi connectivity index (χ1) is 12.9. The van der Waals surface area contributed by atoms with Crippen molar-refractivity contribution in [2.75, 3.05) is 7.11 Å². The van der Waals surface area contributed by atoms with Gasteiger partial charge in [0, 0.05) is 6.07 Å². The van der Waals surface area contributed by atoms with Crippen molar-refractivity contribution >= 4 is 21.5 Å². The molecule has 150 valence electrons. The molecule has 0 aliphatic rings. The van der Waals surface area contributed by atoms with Crippen LogP contribution in [0.2, 0.25) is 0 Å². The summed E-state index contributed by atoms with van der Waals surface area (Å²) in [5.74, 6) is -5.09. The highest BCUT2D eigenvalue weighted by molar-refractivity contribution is 7.91. The maximum absolute atomic E-state index is 13.8. The van der Waals surface area contributed by atoms with Gasteiger partial charge < -0.3 is 9.47 Å². The van der Waals surface area contributed by atoms with Crippen LogP contribution in [0, 0.1) is 15.9 Å². The molecule has 13 heteroatoms. The first-order valence-electron chi connectivity index (χ1n) is 7.04. The molecule has 0 fully saturated rings.